The Morgan fingerprint density at radius 3 is 2.31 bits per heavy atom. The molecule has 3 heteroatoms. The second-order valence-corrected chi connectivity index (χ2v) is 5.32. The molecule has 0 radical (unpaired) electrons. The SMILES string of the molecule is Cc1cc2c(=O)c(I)c(C)n(C)c2cc1C. The lowest BCUT2D eigenvalue weighted by atomic mass is 10.1. The van der Waals surface area contributed by atoms with Crippen LogP contribution in [0.2, 0.25) is 0 Å². The summed E-state index contributed by atoms with van der Waals surface area (Å²) >= 11 is 2.13. The van der Waals surface area contributed by atoms with Crippen molar-refractivity contribution in [2.24, 2.45) is 7.05 Å². The van der Waals surface area contributed by atoms with Gasteiger partial charge in [-0.15, -0.1) is 0 Å². The summed E-state index contributed by atoms with van der Waals surface area (Å²) in [5, 5.41) is 0.820. The van der Waals surface area contributed by atoms with E-state index in [1.807, 2.05) is 27.0 Å². The van der Waals surface area contributed by atoms with Gasteiger partial charge in [0.15, 0.2) is 0 Å². The highest BCUT2D eigenvalue weighted by molar-refractivity contribution is 14.1. The molecule has 2 rings (SSSR count). The summed E-state index contributed by atoms with van der Waals surface area (Å²) in [7, 11) is 2.01. The van der Waals surface area contributed by atoms with Crippen LogP contribution in [-0.2, 0) is 7.05 Å². The van der Waals surface area contributed by atoms with Crippen molar-refractivity contribution in [1.29, 1.82) is 0 Å². The van der Waals surface area contributed by atoms with E-state index < -0.39 is 0 Å². The van der Waals surface area contributed by atoms with Gasteiger partial charge in [-0.1, -0.05) is 0 Å². The molecule has 0 unspecified atom stereocenters. The highest BCUT2D eigenvalue weighted by Gasteiger charge is 2.10. The zero-order chi connectivity index (χ0) is 12.0. The van der Waals surface area contributed by atoms with Crippen molar-refractivity contribution in [1.82, 2.24) is 4.57 Å². The predicted molar refractivity (Wildman–Crippen MR) is 76.1 cm³/mol. The number of rotatable bonds is 0. The quantitative estimate of drug-likeness (QED) is 0.682. The maximum Gasteiger partial charge on any atom is 0.202 e. The zero-order valence-corrected chi connectivity index (χ0v) is 12.0. The zero-order valence-electron chi connectivity index (χ0n) is 9.89. The first-order valence-electron chi connectivity index (χ1n) is 5.19. The van der Waals surface area contributed by atoms with Gasteiger partial charge in [-0.25, -0.2) is 0 Å². The van der Waals surface area contributed by atoms with Crippen molar-refractivity contribution >= 4 is 33.5 Å². The summed E-state index contributed by atoms with van der Waals surface area (Å²) in [5.41, 5.74) is 4.59. The number of hydrogen-bond donors (Lipinski definition) is 0. The van der Waals surface area contributed by atoms with Gasteiger partial charge in [-0.05, 0) is 66.6 Å². The van der Waals surface area contributed by atoms with E-state index in [0.29, 0.717) is 0 Å². The van der Waals surface area contributed by atoms with Crippen molar-refractivity contribution in [2.75, 3.05) is 0 Å². The first-order chi connectivity index (χ1) is 7.43. The first-order valence-corrected chi connectivity index (χ1v) is 6.27. The van der Waals surface area contributed by atoms with Crippen LogP contribution in [0.3, 0.4) is 0 Å². The molecule has 0 spiro atoms. The Kier molecular flexibility index (Phi) is 2.82. The van der Waals surface area contributed by atoms with Crippen molar-refractivity contribution < 1.29 is 0 Å². The van der Waals surface area contributed by atoms with Gasteiger partial charge in [0.05, 0.1) is 9.09 Å². The third kappa shape index (κ3) is 1.57. The molecule has 0 aliphatic rings. The molecule has 0 saturated carbocycles. The highest BCUT2D eigenvalue weighted by Crippen LogP contribution is 2.19. The van der Waals surface area contributed by atoms with Crippen LogP contribution in [0.25, 0.3) is 10.9 Å². The van der Waals surface area contributed by atoms with Gasteiger partial charge in [-0.2, -0.15) is 0 Å². The molecule has 2 nitrogen and oxygen atoms in total. The van der Waals surface area contributed by atoms with Gasteiger partial charge in [0.1, 0.15) is 0 Å². The third-order valence-electron chi connectivity index (χ3n) is 3.24. The third-order valence-corrected chi connectivity index (χ3v) is 4.51. The highest BCUT2D eigenvalue weighted by atomic mass is 127. The van der Waals surface area contributed by atoms with Crippen LogP contribution in [-0.4, -0.2) is 4.57 Å². The van der Waals surface area contributed by atoms with Crippen molar-refractivity contribution in [3.05, 3.63) is 42.7 Å². The molecule has 1 aromatic carbocycles. The topological polar surface area (TPSA) is 22.0 Å². The molecule has 0 N–H and O–H groups in total. The van der Waals surface area contributed by atoms with Crippen LogP contribution in [0.15, 0.2) is 16.9 Å². The number of aromatic nitrogens is 1. The van der Waals surface area contributed by atoms with E-state index in [-0.39, 0.29) is 5.43 Å². The molecule has 0 amide bonds. The predicted octanol–water partition coefficient (Wildman–Crippen LogP) is 3.07. The van der Waals surface area contributed by atoms with Crippen LogP contribution in [0.5, 0.6) is 0 Å². The van der Waals surface area contributed by atoms with E-state index in [9.17, 15) is 4.79 Å². The molecule has 0 aliphatic heterocycles. The van der Waals surface area contributed by atoms with E-state index in [0.717, 1.165) is 20.2 Å². The molecular formula is C13H14INO. The minimum Gasteiger partial charge on any atom is -0.347 e. The Hall–Kier alpha value is -0.840. The fraction of sp³-hybridized carbons (Fsp3) is 0.308. The van der Waals surface area contributed by atoms with Crippen LogP contribution < -0.4 is 5.43 Å². The molecule has 0 saturated heterocycles. The molecule has 16 heavy (non-hydrogen) atoms. The summed E-state index contributed by atoms with van der Waals surface area (Å²) in [4.78, 5) is 12.1. The van der Waals surface area contributed by atoms with E-state index >= 15 is 0 Å². The monoisotopic (exact) mass is 327 g/mol. The number of hydrogen-bond acceptors (Lipinski definition) is 1. The lowest BCUT2D eigenvalue weighted by Crippen LogP contribution is -2.15. The van der Waals surface area contributed by atoms with E-state index in [4.69, 9.17) is 0 Å². The van der Waals surface area contributed by atoms with Crippen LogP contribution in [0, 0.1) is 24.3 Å². The summed E-state index contributed by atoms with van der Waals surface area (Å²) in [6.07, 6.45) is 0. The normalized spacial score (nSPS) is 11.1. The molecule has 2 aromatic rings. The first kappa shape index (κ1) is 11.6. The summed E-state index contributed by atoms with van der Waals surface area (Å²) in [6.45, 7) is 6.10. The second-order valence-electron chi connectivity index (χ2n) is 4.24. The van der Waals surface area contributed by atoms with E-state index in [1.165, 1.54) is 11.1 Å². The lowest BCUT2D eigenvalue weighted by Gasteiger charge is -2.13. The number of fused-ring (bicyclic) bond motifs is 1. The maximum absolute atomic E-state index is 12.1. The van der Waals surface area contributed by atoms with Gasteiger partial charge in [-0.3, -0.25) is 4.79 Å². The van der Waals surface area contributed by atoms with Crippen molar-refractivity contribution in [3.63, 3.8) is 0 Å². The fourth-order valence-corrected chi connectivity index (χ4v) is 2.52. The average molecular weight is 327 g/mol. The number of pyridine rings is 1. The Bertz CT molecular complexity index is 641. The summed E-state index contributed by atoms with van der Waals surface area (Å²) in [6, 6.07) is 4.09. The van der Waals surface area contributed by atoms with E-state index in [2.05, 4.69) is 40.1 Å². The number of benzene rings is 1. The Labute approximate surface area is 108 Å². The second kappa shape index (κ2) is 3.87. The van der Waals surface area contributed by atoms with Crippen LogP contribution in [0.1, 0.15) is 16.8 Å². The standard InChI is InChI=1S/C13H14INO/c1-7-5-10-11(6-8(7)2)15(4)9(3)12(14)13(10)16/h5-6H,1-4H3. The smallest absolute Gasteiger partial charge is 0.202 e. The van der Waals surface area contributed by atoms with Crippen LogP contribution >= 0.6 is 22.6 Å². The van der Waals surface area contributed by atoms with Gasteiger partial charge >= 0.3 is 0 Å². The van der Waals surface area contributed by atoms with Gasteiger partial charge in [0.2, 0.25) is 5.43 Å². The summed E-state index contributed by atoms with van der Waals surface area (Å²) < 4.78 is 2.90. The van der Waals surface area contributed by atoms with Crippen molar-refractivity contribution in [2.45, 2.75) is 20.8 Å². The molecule has 0 bridgehead atoms. The Balaban J connectivity index is 3.09. The molecule has 1 heterocycles. The minimum atomic E-state index is 0.148. The number of nitrogens with zero attached hydrogens (tertiary/aromatic N) is 1. The van der Waals surface area contributed by atoms with Crippen LogP contribution in [0.4, 0.5) is 0 Å². The molecule has 0 fully saturated rings. The molecule has 0 atom stereocenters. The minimum absolute atomic E-state index is 0.148. The molecule has 1 aromatic heterocycles. The Morgan fingerprint density at radius 2 is 1.69 bits per heavy atom. The number of aryl methyl sites for hydroxylation is 3. The average Bonchev–Trinajstić information content (AvgIpc) is 2.26. The molecule has 0 aliphatic carbocycles. The summed E-state index contributed by atoms with van der Waals surface area (Å²) in [5.74, 6) is 0. The van der Waals surface area contributed by atoms with Gasteiger partial charge in [0, 0.05) is 18.1 Å². The maximum atomic E-state index is 12.1. The largest absolute Gasteiger partial charge is 0.347 e. The lowest BCUT2D eigenvalue weighted by molar-refractivity contribution is 0.888. The Morgan fingerprint density at radius 1 is 1.12 bits per heavy atom. The van der Waals surface area contributed by atoms with Gasteiger partial charge < -0.3 is 4.57 Å². The molecule has 84 valence electrons. The van der Waals surface area contributed by atoms with E-state index in [1.54, 1.807) is 0 Å². The number of halogens is 1. The molecular weight excluding hydrogens is 313 g/mol. The fourth-order valence-electron chi connectivity index (χ4n) is 1.87. The van der Waals surface area contributed by atoms with Gasteiger partial charge in [0.25, 0.3) is 0 Å². The van der Waals surface area contributed by atoms with Crippen molar-refractivity contribution in [3.8, 4) is 0 Å².